The highest BCUT2D eigenvalue weighted by Crippen LogP contribution is 2.34. The number of carbonyl (C=O) groups is 2. The van der Waals surface area contributed by atoms with E-state index in [2.05, 4.69) is 5.32 Å². The van der Waals surface area contributed by atoms with Crippen molar-refractivity contribution in [2.75, 3.05) is 6.54 Å². The fourth-order valence-corrected chi connectivity index (χ4v) is 2.94. The Bertz CT molecular complexity index is 997. The van der Waals surface area contributed by atoms with E-state index in [-0.39, 0.29) is 35.5 Å². The lowest BCUT2D eigenvalue weighted by Gasteiger charge is -2.19. The SMILES string of the molecule is C[C@H](O)c1ccc([N+](=O)[O-])c(Oc2cccc(C(=O)NCCCCC(=O)OC(C)(C)C)c2)c1. The summed E-state index contributed by atoms with van der Waals surface area (Å²) in [6.45, 7) is 7.36. The van der Waals surface area contributed by atoms with Crippen molar-refractivity contribution in [3.63, 3.8) is 0 Å². The van der Waals surface area contributed by atoms with Crippen LogP contribution in [0.15, 0.2) is 42.5 Å². The number of unbranched alkanes of at least 4 members (excludes halogenated alkanes) is 1. The Morgan fingerprint density at radius 2 is 1.88 bits per heavy atom. The predicted octanol–water partition coefficient (Wildman–Crippen LogP) is 4.68. The molecule has 0 bridgehead atoms. The first kappa shape index (κ1) is 25.8. The van der Waals surface area contributed by atoms with E-state index in [1.165, 1.54) is 24.3 Å². The summed E-state index contributed by atoms with van der Waals surface area (Å²) in [6, 6.07) is 10.4. The maximum Gasteiger partial charge on any atom is 0.311 e. The molecule has 0 heterocycles. The van der Waals surface area contributed by atoms with Crippen molar-refractivity contribution in [2.45, 2.75) is 58.7 Å². The van der Waals surface area contributed by atoms with Gasteiger partial charge in [-0.15, -0.1) is 0 Å². The van der Waals surface area contributed by atoms with Crippen molar-refractivity contribution in [1.82, 2.24) is 5.32 Å². The Morgan fingerprint density at radius 1 is 1.15 bits per heavy atom. The number of esters is 1. The molecule has 0 saturated heterocycles. The number of ether oxygens (including phenoxy) is 2. The van der Waals surface area contributed by atoms with E-state index >= 15 is 0 Å². The number of nitrogens with zero attached hydrogens (tertiary/aromatic N) is 1. The number of nitro groups is 1. The summed E-state index contributed by atoms with van der Waals surface area (Å²) < 4.78 is 10.9. The van der Waals surface area contributed by atoms with Crippen molar-refractivity contribution in [1.29, 1.82) is 0 Å². The molecule has 0 aromatic heterocycles. The van der Waals surface area contributed by atoms with Crippen LogP contribution in [0.4, 0.5) is 5.69 Å². The molecule has 0 saturated carbocycles. The summed E-state index contributed by atoms with van der Waals surface area (Å²) in [5, 5.41) is 23.9. The van der Waals surface area contributed by atoms with Crippen molar-refractivity contribution >= 4 is 17.6 Å². The van der Waals surface area contributed by atoms with Crippen molar-refractivity contribution in [3.05, 3.63) is 63.7 Å². The van der Waals surface area contributed by atoms with Crippen molar-refractivity contribution in [2.24, 2.45) is 0 Å². The van der Waals surface area contributed by atoms with Crippen molar-refractivity contribution < 1.29 is 29.1 Å². The predicted molar refractivity (Wildman–Crippen MR) is 122 cm³/mol. The van der Waals surface area contributed by atoms with Crippen LogP contribution in [0.5, 0.6) is 11.5 Å². The molecule has 0 spiro atoms. The minimum absolute atomic E-state index is 0.0295. The monoisotopic (exact) mass is 458 g/mol. The van der Waals surface area contributed by atoms with Gasteiger partial charge in [-0.05, 0) is 76.4 Å². The van der Waals surface area contributed by atoms with Crippen molar-refractivity contribution in [3.8, 4) is 11.5 Å². The maximum atomic E-state index is 12.5. The van der Waals surface area contributed by atoms with Gasteiger partial charge in [-0.3, -0.25) is 19.7 Å². The van der Waals surface area contributed by atoms with Crippen LogP contribution in [0.2, 0.25) is 0 Å². The zero-order valence-electron chi connectivity index (χ0n) is 19.3. The van der Waals surface area contributed by atoms with Crippen LogP contribution in [0.1, 0.15) is 69.0 Å². The molecule has 0 aliphatic carbocycles. The average Bonchev–Trinajstić information content (AvgIpc) is 2.72. The second kappa shape index (κ2) is 11.4. The molecular formula is C24H30N2O7. The Morgan fingerprint density at radius 3 is 2.52 bits per heavy atom. The molecule has 2 aromatic rings. The average molecular weight is 459 g/mol. The van der Waals surface area contributed by atoms with Gasteiger partial charge in [-0.1, -0.05) is 6.07 Å². The first-order valence-electron chi connectivity index (χ1n) is 10.7. The van der Waals surface area contributed by atoms with E-state index in [1.54, 1.807) is 25.1 Å². The maximum absolute atomic E-state index is 12.5. The normalized spacial score (nSPS) is 12.0. The van der Waals surface area contributed by atoms with E-state index in [1.807, 2.05) is 20.8 Å². The zero-order chi connectivity index (χ0) is 24.6. The number of nitrogens with one attached hydrogen (secondary N) is 1. The third kappa shape index (κ3) is 8.53. The highest BCUT2D eigenvalue weighted by Gasteiger charge is 2.19. The summed E-state index contributed by atoms with van der Waals surface area (Å²) in [4.78, 5) is 34.9. The van der Waals surface area contributed by atoms with Crippen LogP contribution in [-0.4, -0.2) is 34.1 Å². The molecule has 9 nitrogen and oxygen atoms in total. The van der Waals surface area contributed by atoms with E-state index < -0.39 is 16.6 Å². The van der Waals surface area contributed by atoms with Crippen LogP contribution in [0.3, 0.4) is 0 Å². The highest BCUT2D eigenvalue weighted by molar-refractivity contribution is 5.94. The van der Waals surface area contributed by atoms with E-state index in [0.717, 1.165) is 0 Å². The van der Waals surface area contributed by atoms with Gasteiger partial charge in [0.2, 0.25) is 5.75 Å². The van der Waals surface area contributed by atoms with Crippen LogP contribution in [0, 0.1) is 10.1 Å². The van der Waals surface area contributed by atoms with Gasteiger partial charge in [0.1, 0.15) is 11.4 Å². The number of aliphatic hydroxyl groups excluding tert-OH is 1. The summed E-state index contributed by atoms with van der Waals surface area (Å²) in [6.07, 6.45) is 0.655. The van der Waals surface area contributed by atoms with Gasteiger partial charge < -0.3 is 19.9 Å². The number of aliphatic hydroxyl groups is 1. The standard InChI is InChI=1S/C24H30N2O7/c1-16(27)17-11-12-20(26(30)31)21(15-17)32-19-9-7-8-18(14-19)23(29)25-13-6-5-10-22(28)33-24(2,3)4/h7-9,11-12,14-16,27H,5-6,10,13H2,1-4H3,(H,25,29)/t16-/m0/s1. The number of nitro benzene ring substituents is 1. The first-order chi connectivity index (χ1) is 15.5. The Labute approximate surface area is 192 Å². The highest BCUT2D eigenvalue weighted by atomic mass is 16.6. The zero-order valence-corrected chi connectivity index (χ0v) is 19.3. The molecule has 0 unspecified atom stereocenters. The number of hydrogen-bond donors (Lipinski definition) is 2. The molecule has 1 amide bonds. The van der Waals surface area contributed by atoms with Crippen LogP contribution < -0.4 is 10.1 Å². The number of carbonyl (C=O) groups excluding carboxylic acids is 2. The van der Waals surface area contributed by atoms with Crippen LogP contribution >= 0.6 is 0 Å². The second-order valence-corrected chi connectivity index (χ2v) is 8.59. The summed E-state index contributed by atoms with van der Waals surface area (Å²) in [5.41, 5.74) is 0.0281. The van der Waals surface area contributed by atoms with E-state index in [9.17, 15) is 24.8 Å². The molecule has 0 aliphatic heterocycles. The van der Waals surface area contributed by atoms with Gasteiger partial charge in [0.25, 0.3) is 5.91 Å². The number of hydrogen-bond acceptors (Lipinski definition) is 7. The molecule has 2 N–H and O–H groups in total. The molecule has 178 valence electrons. The third-order valence-electron chi connectivity index (χ3n) is 4.50. The Balaban J connectivity index is 1.95. The summed E-state index contributed by atoms with van der Waals surface area (Å²) in [7, 11) is 0. The van der Waals surface area contributed by atoms with Gasteiger partial charge >= 0.3 is 11.7 Å². The molecular weight excluding hydrogens is 428 g/mol. The molecule has 0 radical (unpaired) electrons. The molecule has 1 atom stereocenters. The first-order valence-corrected chi connectivity index (χ1v) is 10.7. The molecule has 33 heavy (non-hydrogen) atoms. The quantitative estimate of drug-likeness (QED) is 0.229. The summed E-state index contributed by atoms with van der Waals surface area (Å²) >= 11 is 0. The number of amides is 1. The fraction of sp³-hybridized carbons (Fsp3) is 0.417. The second-order valence-electron chi connectivity index (χ2n) is 8.59. The number of rotatable bonds is 10. The molecule has 2 aromatic carbocycles. The molecule has 2 rings (SSSR count). The number of benzene rings is 2. The van der Waals surface area contributed by atoms with E-state index in [0.29, 0.717) is 30.5 Å². The van der Waals surface area contributed by atoms with Gasteiger partial charge in [-0.25, -0.2) is 0 Å². The smallest absolute Gasteiger partial charge is 0.311 e. The van der Waals surface area contributed by atoms with Gasteiger partial charge in [0, 0.05) is 24.6 Å². The Kier molecular flexibility index (Phi) is 8.93. The minimum Gasteiger partial charge on any atom is -0.460 e. The lowest BCUT2D eigenvalue weighted by atomic mass is 10.1. The lowest BCUT2D eigenvalue weighted by molar-refractivity contribution is -0.385. The van der Waals surface area contributed by atoms with Crippen LogP contribution in [0.25, 0.3) is 0 Å². The Hall–Kier alpha value is -3.46. The van der Waals surface area contributed by atoms with Crippen LogP contribution in [-0.2, 0) is 9.53 Å². The van der Waals surface area contributed by atoms with E-state index in [4.69, 9.17) is 9.47 Å². The van der Waals surface area contributed by atoms with Gasteiger partial charge in [0.05, 0.1) is 11.0 Å². The lowest BCUT2D eigenvalue weighted by Crippen LogP contribution is -2.25. The molecule has 0 aliphatic rings. The summed E-state index contributed by atoms with van der Waals surface area (Å²) in [5.74, 6) is -0.381. The largest absolute Gasteiger partial charge is 0.460 e. The van der Waals surface area contributed by atoms with Gasteiger partial charge in [-0.2, -0.15) is 0 Å². The fourth-order valence-electron chi connectivity index (χ4n) is 2.94. The topological polar surface area (TPSA) is 128 Å². The molecule has 9 heteroatoms. The van der Waals surface area contributed by atoms with Gasteiger partial charge in [0.15, 0.2) is 0 Å². The third-order valence-corrected chi connectivity index (χ3v) is 4.50. The molecule has 0 fully saturated rings. The minimum atomic E-state index is -0.819.